The van der Waals surface area contributed by atoms with Gasteiger partial charge in [0.15, 0.2) is 0 Å². The molecule has 0 radical (unpaired) electrons. The fraction of sp³-hybridized carbons (Fsp3) is 0.353. The zero-order chi connectivity index (χ0) is 15.6. The summed E-state index contributed by atoms with van der Waals surface area (Å²) in [5.41, 5.74) is 2.31. The van der Waals surface area contributed by atoms with Crippen molar-refractivity contribution in [1.29, 1.82) is 0 Å². The molecule has 0 unspecified atom stereocenters. The summed E-state index contributed by atoms with van der Waals surface area (Å²) in [6, 6.07) is 7.43. The van der Waals surface area contributed by atoms with Gasteiger partial charge in [-0.15, -0.1) is 0 Å². The highest BCUT2D eigenvalue weighted by molar-refractivity contribution is 5.93. The zero-order valence-electron chi connectivity index (χ0n) is 12.9. The number of unbranched alkanes of at least 4 members (excludes halogenated alkanes) is 2. The maximum atomic E-state index is 12.1. The second-order valence-corrected chi connectivity index (χ2v) is 5.11. The van der Waals surface area contributed by atoms with Gasteiger partial charge in [-0.1, -0.05) is 25.8 Å². The molecule has 5 nitrogen and oxygen atoms in total. The van der Waals surface area contributed by atoms with Crippen LogP contribution in [0.3, 0.4) is 0 Å². The molecule has 116 valence electrons. The molecule has 0 saturated carbocycles. The van der Waals surface area contributed by atoms with Gasteiger partial charge in [0, 0.05) is 37.4 Å². The normalized spacial score (nSPS) is 10.2. The summed E-state index contributed by atoms with van der Waals surface area (Å²) in [7, 11) is 0. The number of carbonyl (C=O) groups excluding carboxylic acids is 1. The molecule has 0 aliphatic carbocycles. The Morgan fingerprint density at radius 1 is 1.23 bits per heavy atom. The minimum Gasteiger partial charge on any atom is -0.385 e. The Morgan fingerprint density at radius 2 is 2.14 bits per heavy atom. The lowest BCUT2D eigenvalue weighted by molar-refractivity contribution is 0.0946. The van der Waals surface area contributed by atoms with E-state index in [-0.39, 0.29) is 5.91 Å². The summed E-state index contributed by atoms with van der Waals surface area (Å²) in [5, 5.41) is 6.17. The van der Waals surface area contributed by atoms with Crippen molar-refractivity contribution in [1.82, 2.24) is 15.3 Å². The standard InChI is InChI=1S/C17H22N4O/c1-2-3-4-9-19-15-7-10-20-16(11-15)17(22)21-13-14-6-5-8-18-12-14/h5-8,10-12H,2-4,9,13H2,1H3,(H,19,20)(H,21,22). The molecule has 2 aromatic heterocycles. The Kier molecular flexibility index (Phi) is 6.36. The van der Waals surface area contributed by atoms with Gasteiger partial charge in [-0.3, -0.25) is 14.8 Å². The van der Waals surface area contributed by atoms with Crippen LogP contribution in [0.4, 0.5) is 5.69 Å². The van der Waals surface area contributed by atoms with Gasteiger partial charge in [0.05, 0.1) is 0 Å². The Labute approximate surface area is 131 Å². The van der Waals surface area contributed by atoms with Gasteiger partial charge in [0.2, 0.25) is 0 Å². The molecule has 2 aromatic rings. The monoisotopic (exact) mass is 298 g/mol. The van der Waals surface area contributed by atoms with E-state index < -0.39 is 0 Å². The average Bonchev–Trinajstić information content (AvgIpc) is 2.58. The first-order chi connectivity index (χ1) is 10.8. The quantitative estimate of drug-likeness (QED) is 0.735. The molecule has 0 fully saturated rings. The molecule has 2 N–H and O–H groups in total. The van der Waals surface area contributed by atoms with Crippen LogP contribution in [0.1, 0.15) is 42.2 Å². The summed E-state index contributed by atoms with van der Waals surface area (Å²) in [6.45, 7) is 3.54. The van der Waals surface area contributed by atoms with Crippen molar-refractivity contribution in [3.63, 3.8) is 0 Å². The van der Waals surface area contributed by atoms with E-state index in [1.54, 1.807) is 24.7 Å². The van der Waals surface area contributed by atoms with Crippen LogP contribution in [0.2, 0.25) is 0 Å². The van der Waals surface area contributed by atoms with E-state index in [0.717, 1.165) is 24.2 Å². The molecule has 0 atom stereocenters. The lowest BCUT2D eigenvalue weighted by Gasteiger charge is -2.08. The maximum Gasteiger partial charge on any atom is 0.270 e. The highest BCUT2D eigenvalue weighted by Gasteiger charge is 2.07. The van der Waals surface area contributed by atoms with E-state index in [0.29, 0.717) is 12.2 Å². The number of aromatic nitrogens is 2. The smallest absolute Gasteiger partial charge is 0.270 e. The number of hydrogen-bond acceptors (Lipinski definition) is 4. The van der Waals surface area contributed by atoms with Crippen LogP contribution >= 0.6 is 0 Å². The molecule has 2 rings (SSSR count). The first kappa shape index (κ1) is 15.9. The van der Waals surface area contributed by atoms with Crippen LogP contribution in [-0.2, 0) is 6.54 Å². The summed E-state index contributed by atoms with van der Waals surface area (Å²) >= 11 is 0. The van der Waals surface area contributed by atoms with Crippen LogP contribution < -0.4 is 10.6 Å². The molecular formula is C17H22N4O. The van der Waals surface area contributed by atoms with Crippen molar-refractivity contribution in [2.75, 3.05) is 11.9 Å². The number of rotatable bonds is 8. The van der Waals surface area contributed by atoms with Gasteiger partial charge in [0.1, 0.15) is 5.69 Å². The minimum absolute atomic E-state index is 0.180. The molecule has 5 heteroatoms. The van der Waals surface area contributed by atoms with Crippen molar-refractivity contribution in [2.24, 2.45) is 0 Å². The molecule has 0 saturated heterocycles. The van der Waals surface area contributed by atoms with Gasteiger partial charge >= 0.3 is 0 Å². The van der Waals surface area contributed by atoms with Gasteiger partial charge < -0.3 is 10.6 Å². The molecule has 0 aliphatic heterocycles. The van der Waals surface area contributed by atoms with Crippen molar-refractivity contribution in [3.8, 4) is 0 Å². The van der Waals surface area contributed by atoms with Crippen LogP contribution in [-0.4, -0.2) is 22.4 Å². The van der Waals surface area contributed by atoms with Crippen LogP contribution in [0.5, 0.6) is 0 Å². The Morgan fingerprint density at radius 3 is 2.91 bits per heavy atom. The predicted molar refractivity (Wildman–Crippen MR) is 87.7 cm³/mol. The minimum atomic E-state index is -0.180. The highest BCUT2D eigenvalue weighted by atomic mass is 16.1. The van der Waals surface area contributed by atoms with E-state index in [1.807, 2.05) is 18.2 Å². The van der Waals surface area contributed by atoms with Gasteiger partial charge in [-0.25, -0.2) is 0 Å². The third-order valence-corrected chi connectivity index (χ3v) is 3.28. The first-order valence-corrected chi connectivity index (χ1v) is 7.66. The van der Waals surface area contributed by atoms with Crippen molar-refractivity contribution in [2.45, 2.75) is 32.7 Å². The average molecular weight is 298 g/mol. The van der Waals surface area contributed by atoms with E-state index in [4.69, 9.17) is 0 Å². The van der Waals surface area contributed by atoms with Gasteiger partial charge in [0.25, 0.3) is 5.91 Å². The highest BCUT2D eigenvalue weighted by Crippen LogP contribution is 2.09. The number of carbonyl (C=O) groups is 1. The Hall–Kier alpha value is -2.43. The predicted octanol–water partition coefficient (Wildman–Crippen LogP) is 3.01. The number of pyridine rings is 2. The number of hydrogen-bond donors (Lipinski definition) is 2. The molecule has 0 bridgehead atoms. The topological polar surface area (TPSA) is 66.9 Å². The number of nitrogens with zero attached hydrogens (tertiary/aromatic N) is 2. The molecule has 22 heavy (non-hydrogen) atoms. The number of amides is 1. The Bertz CT molecular complexity index is 586. The number of nitrogens with one attached hydrogen (secondary N) is 2. The van der Waals surface area contributed by atoms with E-state index in [2.05, 4.69) is 27.5 Å². The van der Waals surface area contributed by atoms with E-state index in [9.17, 15) is 4.79 Å². The molecule has 0 aliphatic rings. The second kappa shape index (κ2) is 8.77. The van der Waals surface area contributed by atoms with Crippen LogP contribution in [0.15, 0.2) is 42.9 Å². The van der Waals surface area contributed by atoms with Gasteiger partial charge in [-0.05, 0) is 30.2 Å². The molecule has 1 amide bonds. The van der Waals surface area contributed by atoms with Crippen molar-refractivity contribution >= 4 is 11.6 Å². The van der Waals surface area contributed by atoms with E-state index >= 15 is 0 Å². The molecule has 2 heterocycles. The van der Waals surface area contributed by atoms with E-state index in [1.165, 1.54) is 12.8 Å². The van der Waals surface area contributed by atoms with Gasteiger partial charge in [-0.2, -0.15) is 0 Å². The summed E-state index contributed by atoms with van der Waals surface area (Å²) in [4.78, 5) is 20.3. The fourth-order valence-electron chi connectivity index (χ4n) is 2.05. The first-order valence-electron chi connectivity index (χ1n) is 7.66. The van der Waals surface area contributed by atoms with Crippen LogP contribution in [0, 0.1) is 0 Å². The van der Waals surface area contributed by atoms with Crippen molar-refractivity contribution < 1.29 is 4.79 Å². The lowest BCUT2D eigenvalue weighted by Crippen LogP contribution is -2.24. The summed E-state index contributed by atoms with van der Waals surface area (Å²) in [6.07, 6.45) is 8.62. The zero-order valence-corrected chi connectivity index (χ0v) is 12.9. The number of anilines is 1. The molecular weight excluding hydrogens is 276 g/mol. The summed E-state index contributed by atoms with van der Waals surface area (Å²) in [5.74, 6) is -0.180. The summed E-state index contributed by atoms with van der Waals surface area (Å²) < 4.78 is 0. The van der Waals surface area contributed by atoms with Crippen LogP contribution in [0.25, 0.3) is 0 Å². The molecule has 0 aromatic carbocycles. The third kappa shape index (κ3) is 5.16. The largest absolute Gasteiger partial charge is 0.385 e. The molecule has 0 spiro atoms. The fourth-order valence-corrected chi connectivity index (χ4v) is 2.05. The Balaban J connectivity index is 1.86. The van der Waals surface area contributed by atoms with Crippen molar-refractivity contribution in [3.05, 3.63) is 54.1 Å². The SMILES string of the molecule is CCCCCNc1ccnc(C(=O)NCc2cccnc2)c1. The second-order valence-electron chi connectivity index (χ2n) is 5.11. The maximum absolute atomic E-state index is 12.1. The third-order valence-electron chi connectivity index (χ3n) is 3.28. The lowest BCUT2D eigenvalue weighted by atomic mass is 10.2.